The molecule has 1 atom stereocenters. The number of carbonyl (C=O) groups excluding carboxylic acids is 1. The molecule has 124 valence electrons. The van der Waals surface area contributed by atoms with Gasteiger partial charge in [0.2, 0.25) is 0 Å². The van der Waals surface area contributed by atoms with Crippen LogP contribution in [0.25, 0.3) is 0 Å². The highest BCUT2D eigenvalue weighted by Gasteiger charge is 2.14. The van der Waals surface area contributed by atoms with E-state index in [2.05, 4.69) is 5.32 Å². The van der Waals surface area contributed by atoms with Gasteiger partial charge in [-0.05, 0) is 42.8 Å². The molecule has 0 saturated heterocycles. The van der Waals surface area contributed by atoms with Gasteiger partial charge in [-0.3, -0.25) is 4.79 Å². The van der Waals surface area contributed by atoms with Crippen molar-refractivity contribution in [2.45, 2.75) is 13.0 Å². The summed E-state index contributed by atoms with van der Waals surface area (Å²) in [6, 6.07) is 11.3. The molecule has 0 aliphatic heterocycles. The van der Waals surface area contributed by atoms with E-state index in [0.717, 1.165) is 5.56 Å². The van der Waals surface area contributed by atoms with E-state index in [4.69, 9.17) is 44.8 Å². The minimum Gasteiger partial charge on any atom is -0.482 e. The molecule has 0 aliphatic carbocycles. The van der Waals surface area contributed by atoms with E-state index < -0.39 is 0 Å². The van der Waals surface area contributed by atoms with Gasteiger partial charge in [0.1, 0.15) is 5.75 Å². The average Bonchev–Trinajstić information content (AvgIpc) is 2.53. The van der Waals surface area contributed by atoms with Gasteiger partial charge < -0.3 is 10.1 Å². The van der Waals surface area contributed by atoms with Crippen LogP contribution in [0, 0.1) is 11.3 Å². The third kappa shape index (κ3) is 4.78. The first kappa shape index (κ1) is 18.4. The van der Waals surface area contributed by atoms with Crippen LogP contribution in [0.15, 0.2) is 36.4 Å². The van der Waals surface area contributed by atoms with E-state index in [1.165, 1.54) is 6.07 Å². The highest BCUT2D eigenvalue weighted by molar-refractivity contribution is 6.35. The molecule has 0 unspecified atom stereocenters. The van der Waals surface area contributed by atoms with Crippen molar-refractivity contribution < 1.29 is 9.53 Å². The quantitative estimate of drug-likeness (QED) is 0.808. The summed E-state index contributed by atoms with van der Waals surface area (Å²) in [5, 5.41) is 12.8. The van der Waals surface area contributed by atoms with Crippen molar-refractivity contribution in [1.29, 1.82) is 5.26 Å². The number of hydrogen-bond acceptors (Lipinski definition) is 3. The molecule has 0 aliphatic rings. The lowest BCUT2D eigenvalue weighted by Gasteiger charge is -2.16. The molecule has 4 nitrogen and oxygen atoms in total. The standard InChI is InChI=1S/C17H13Cl3N2O2/c1-10(13-4-3-12(18)7-14(13)19)22-17(23)9-24-16-5-2-11(8-21)6-15(16)20/h2-7,10H,9H2,1H3,(H,22,23)/t10-/m0/s1. The molecule has 2 aromatic carbocycles. The SMILES string of the molecule is C[C@H](NC(=O)COc1ccc(C#N)cc1Cl)c1ccc(Cl)cc1Cl. The monoisotopic (exact) mass is 382 g/mol. The molecule has 0 aromatic heterocycles. The number of hydrogen-bond donors (Lipinski definition) is 1. The Kier molecular flexibility index (Phi) is 6.33. The average molecular weight is 384 g/mol. The number of nitrogens with one attached hydrogen (secondary N) is 1. The fourth-order valence-electron chi connectivity index (χ4n) is 2.04. The maximum Gasteiger partial charge on any atom is 0.258 e. The number of benzene rings is 2. The highest BCUT2D eigenvalue weighted by Crippen LogP contribution is 2.27. The third-order valence-electron chi connectivity index (χ3n) is 3.23. The Morgan fingerprint density at radius 2 is 1.96 bits per heavy atom. The topological polar surface area (TPSA) is 62.1 Å². The molecular formula is C17H13Cl3N2O2. The highest BCUT2D eigenvalue weighted by atomic mass is 35.5. The molecule has 0 fully saturated rings. The van der Waals surface area contributed by atoms with Crippen LogP contribution in [0.2, 0.25) is 15.1 Å². The molecule has 1 amide bonds. The lowest BCUT2D eigenvalue weighted by atomic mass is 10.1. The molecule has 0 spiro atoms. The van der Waals surface area contributed by atoms with Crippen molar-refractivity contribution in [2.75, 3.05) is 6.61 Å². The molecule has 2 rings (SSSR count). The number of nitrogens with zero attached hydrogens (tertiary/aromatic N) is 1. The van der Waals surface area contributed by atoms with Gasteiger partial charge in [0.05, 0.1) is 22.7 Å². The second-order valence-corrected chi connectivity index (χ2v) is 6.25. The van der Waals surface area contributed by atoms with Gasteiger partial charge in [0.25, 0.3) is 5.91 Å². The van der Waals surface area contributed by atoms with Crippen molar-refractivity contribution in [2.24, 2.45) is 0 Å². The first-order valence-electron chi connectivity index (χ1n) is 6.97. The largest absolute Gasteiger partial charge is 0.482 e. The van der Waals surface area contributed by atoms with Crippen molar-refractivity contribution in [3.05, 3.63) is 62.6 Å². The van der Waals surface area contributed by atoms with Crippen LogP contribution in [0.1, 0.15) is 24.1 Å². The van der Waals surface area contributed by atoms with Crippen LogP contribution in [0.5, 0.6) is 5.75 Å². The smallest absolute Gasteiger partial charge is 0.258 e. The van der Waals surface area contributed by atoms with Crippen molar-refractivity contribution >= 4 is 40.7 Å². The van der Waals surface area contributed by atoms with E-state index in [1.807, 2.05) is 13.0 Å². The molecular weight excluding hydrogens is 371 g/mol. The zero-order chi connectivity index (χ0) is 17.7. The van der Waals surface area contributed by atoms with Gasteiger partial charge in [-0.1, -0.05) is 40.9 Å². The second kappa shape index (κ2) is 8.25. The number of ether oxygens (including phenoxy) is 1. The van der Waals surface area contributed by atoms with E-state index in [1.54, 1.807) is 30.3 Å². The second-order valence-electron chi connectivity index (χ2n) is 5.00. The molecule has 0 radical (unpaired) electrons. The summed E-state index contributed by atoms with van der Waals surface area (Å²) >= 11 is 18.0. The number of halogens is 3. The van der Waals surface area contributed by atoms with Gasteiger partial charge in [-0.15, -0.1) is 0 Å². The number of carbonyl (C=O) groups is 1. The summed E-state index contributed by atoms with van der Waals surface area (Å²) in [5.74, 6) is 0.0111. The normalized spacial score (nSPS) is 11.5. The van der Waals surface area contributed by atoms with E-state index in [9.17, 15) is 4.79 Å². The van der Waals surface area contributed by atoms with Crippen molar-refractivity contribution in [1.82, 2.24) is 5.32 Å². The van der Waals surface area contributed by atoms with Gasteiger partial charge in [0.15, 0.2) is 6.61 Å². The Morgan fingerprint density at radius 3 is 2.58 bits per heavy atom. The molecule has 7 heteroatoms. The molecule has 0 saturated carbocycles. The Hall–Kier alpha value is -1.93. The van der Waals surface area contributed by atoms with Crippen LogP contribution in [-0.2, 0) is 4.79 Å². The number of nitriles is 1. The van der Waals surface area contributed by atoms with Crippen LogP contribution >= 0.6 is 34.8 Å². The summed E-state index contributed by atoms with van der Waals surface area (Å²) in [7, 11) is 0. The Labute approximate surface area is 154 Å². The van der Waals surface area contributed by atoms with Gasteiger partial charge >= 0.3 is 0 Å². The van der Waals surface area contributed by atoms with Crippen molar-refractivity contribution in [3.8, 4) is 11.8 Å². The van der Waals surface area contributed by atoms with E-state index in [-0.39, 0.29) is 23.6 Å². The summed E-state index contributed by atoms with van der Waals surface area (Å²) < 4.78 is 5.38. The van der Waals surface area contributed by atoms with Crippen LogP contribution in [0.4, 0.5) is 0 Å². The van der Waals surface area contributed by atoms with Crippen LogP contribution in [-0.4, -0.2) is 12.5 Å². The van der Waals surface area contributed by atoms with Gasteiger partial charge in [0, 0.05) is 10.0 Å². The first-order valence-corrected chi connectivity index (χ1v) is 8.11. The number of rotatable bonds is 5. The van der Waals surface area contributed by atoms with Gasteiger partial charge in [-0.2, -0.15) is 5.26 Å². The Bertz CT molecular complexity index is 803. The Balaban J connectivity index is 1.95. The van der Waals surface area contributed by atoms with Crippen molar-refractivity contribution in [3.63, 3.8) is 0 Å². The Morgan fingerprint density at radius 1 is 1.21 bits per heavy atom. The zero-order valence-corrected chi connectivity index (χ0v) is 14.9. The first-order chi connectivity index (χ1) is 11.4. The number of amides is 1. The molecule has 1 N–H and O–H groups in total. The molecule has 0 heterocycles. The lowest BCUT2D eigenvalue weighted by molar-refractivity contribution is -0.123. The summed E-state index contributed by atoms with van der Waals surface area (Å²) in [4.78, 5) is 12.0. The maximum atomic E-state index is 12.0. The van der Waals surface area contributed by atoms with E-state index >= 15 is 0 Å². The van der Waals surface area contributed by atoms with Crippen LogP contribution in [0.3, 0.4) is 0 Å². The molecule has 0 bridgehead atoms. The predicted octanol–water partition coefficient (Wildman–Crippen LogP) is 4.77. The minimum atomic E-state index is -0.325. The van der Waals surface area contributed by atoms with Gasteiger partial charge in [-0.25, -0.2) is 0 Å². The van der Waals surface area contributed by atoms with E-state index in [0.29, 0.717) is 21.4 Å². The lowest BCUT2D eigenvalue weighted by Crippen LogP contribution is -2.31. The fourth-order valence-corrected chi connectivity index (χ4v) is 2.85. The minimum absolute atomic E-state index is 0.207. The molecule has 24 heavy (non-hydrogen) atoms. The summed E-state index contributed by atoms with van der Waals surface area (Å²) in [6.07, 6.45) is 0. The fraction of sp³-hybridized carbons (Fsp3) is 0.176. The molecule has 2 aromatic rings. The van der Waals surface area contributed by atoms with Crippen LogP contribution < -0.4 is 10.1 Å². The predicted molar refractivity (Wildman–Crippen MR) is 94.7 cm³/mol. The maximum absolute atomic E-state index is 12.0. The third-order valence-corrected chi connectivity index (χ3v) is 4.08. The summed E-state index contributed by atoms with van der Waals surface area (Å²) in [6.45, 7) is 1.60. The summed E-state index contributed by atoms with van der Waals surface area (Å²) in [5.41, 5.74) is 1.17. The zero-order valence-electron chi connectivity index (χ0n) is 12.6.